The Morgan fingerprint density at radius 3 is 1.70 bits per heavy atom. The molecule has 0 bridgehead atoms. The number of carbonyl (C=O) groups excluding carboxylic acids is 2. The second kappa shape index (κ2) is 10.8. The van der Waals surface area contributed by atoms with Gasteiger partial charge < -0.3 is 5.32 Å². The van der Waals surface area contributed by atoms with Crippen molar-refractivity contribution < 1.29 is 40.0 Å². The number of aromatic nitrogens is 2. The normalized spacial score (nSPS) is 18.6. The molecule has 0 saturated carbocycles. The molecule has 2 atom stereocenters. The Balaban J connectivity index is 1.53. The van der Waals surface area contributed by atoms with Gasteiger partial charge in [0.05, 0.1) is 21.6 Å². The first-order chi connectivity index (χ1) is 21.7. The largest absolute Gasteiger partial charge is 0.501 e. The number of imide groups is 1. The van der Waals surface area contributed by atoms with Crippen LogP contribution < -0.4 is 10.2 Å². The van der Waals surface area contributed by atoms with Gasteiger partial charge in [0, 0.05) is 47.1 Å². The fourth-order valence-electron chi connectivity index (χ4n) is 6.20. The molecule has 3 amide bonds. The first kappa shape index (κ1) is 31.0. The summed E-state index contributed by atoms with van der Waals surface area (Å²) in [5.41, 5.74) is -5.85. The second-order valence-electron chi connectivity index (χ2n) is 10.9. The van der Waals surface area contributed by atoms with E-state index in [1.807, 2.05) is 0 Å². The third-order valence-electron chi connectivity index (χ3n) is 8.56. The molecule has 5 aromatic rings. The molecule has 1 N–H and O–H groups in total. The van der Waals surface area contributed by atoms with Gasteiger partial charge in [-0.05, 0) is 71.8 Å². The van der Waals surface area contributed by atoms with Gasteiger partial charge in [-0.25, -0.2) is 26.9 Å². The number of urea groups is 1. The fraction of sp³-hybridized carbons (Fsp3) is 0.188. The van der Waals surface area contributed by atoms with Crippen LogP contribution in [0.15, 0.2) is 90.1 Å². The van der Waals surface area contributed by atoms with E-state index in [-0.39, 0.29) is 5.69 Å². The number of alkyl halides is 3. The highest BCUT2D eigenvalue weighted by molar-refractivity contribution is 7.92. The highest BCUT2D eigenvalue weighted by Gasteiger charge is 2.59. The van der Waals surface area contributed by atoms with Crippen molar-refractivity contribution in [3.8, 4) is 0 Å². The van der Waals surface area contributed by atoms with Gasteiger partial charge in [0.2, 0.25) is 0 Å². The van der Waals surface area contributed by atoms with Crippen molar-refractivity contribution in [1.82, 2.24) is 15.3 Å². The number of anilines is 1. The van der Waals surface area contributed by atoms with E-state index < -0.39 is 61.2 Å². The zero-order chi connectivity index (χ0) is 33.2. The molecule has 0 spiro atoms. The molecule has 0 radical (unpaired) electrons. The summed E-state index contributed by atoms with van der Waals surface area (Å²) in [6, 6.07) is 13.5. The van der Waals surface area contributed by atoms with Crippen LogP contribution in [0.5, 0.6) is 0 Å². The summed E-state index contributed by atoms with van der Waals surface area (Å²) in [7, 11) is -5.68. The summed E-state index contributed by atoms with van der Waals surface area (Å²) in [4.78, 5) is 36.5. The molecule has 1 aliphatic heterocycles. The minimum atomic E-state index is -5.68. The molecule has 1 saturated heterocycles. The van der Waals surface area contributed by atoms with Gasteiger partial charge in [-0.15, -0.1) is 0 Å². The molecule has 6 rings (SSSR count). The Morgan fingerprint density at radius 1 is 0.761 bits per heavy atom. The van der Waals surface area contributed by atoms with Gasteiger partial charge in [-0.1, -0.05) is 13.8 Å². The van der Waals surface area contributed by atoms with Crippen molar-refractivity contribution in [3.05, 3.63) is 108 Å². The Morgan fingerprint density at radius 2 is 1.24 bits per heavy atom. The summed E-state index contributed by atoms with van der Waals surface area (Å²) in [5.74, 6) is -3.53. The number of carbonyl (C=O) groups is 2. The molecule has 3 heterocycles. The van der Waals surface area contributed by atoms with Crippen molar-refractivity contribution in [3.63, 3.8) is 0 Å². The minimum Gasteiger partial charge on any atom is -0.322 e. The SMILES string of the molecule is CC(c1ccnc2cc(F)ccc12)C1(C(C)c2ccnc3cc(F)ccc23)NC(=O)N(c2ccc(S(=O)(=O)C(F)(F)F)cc2)C1=O. The predicted molar refractivity (Wildman–Crippen MR) is 159 cm³/mol. The quantitative estimate of drug-likeness (QED) is 0.160. The molecule has 0 aliphatic carbocycles. The molecule has 2 aromatic heterocycles. The Kier molecular flexibility index (Phi) is 7.30. The van der Waals surface area contributed by atoms with Crippen LogP contribution in [0, 0.1) is 11.6 Å². The number of nitrogens with one attached hydrogen (secondary N) is 1. The molecule has 46 heavy (non-hydrogen) atoms. The number of rotatable bonds is 6. The van der Waals surface area contributed by atoms with E-state index in [1.165, 1.54) is 48.8 Å². The molecule has 1 fully saturated rings. The highest BCUT2D eigenvalue weighted by atomic mass is 32.2. The maximum Gasteiger partial charge on any atom is 0.501 e. The van der Waals surface area contributed by atoms with Gasteiger partial charge in [0.25, 0.3) is 15.7 Å². The minimum absolute atomic E-state index is 0.173. The molecule has 1 aliphatic rings. The lowest BCUT2D eigenvalue weighted by Gasteiger charge is -2.39. The predicted octanol–water partition coefficient (Wildman–Crippen LogP) is 6.76. The highest BCUT2D eigenvalue weighted by Crippen LogP contribution is 2.47. The zero-order valence-corrected chi connectivity index (χ0v) is 24.8. The van der Waals surface area contributed by atoms with Crippen LogP contribution in [0.2, 0.25) is 0 Å². The zero-order valence-electron chi connectivity index (χ0n) is 24.0. The number of benzene rings is 3. The van der Waals surface area contributed by atoms with Crippen molar-refractivity contribution >= 4 is 49.3 Å². The maximum atomic E-state index is 14.7. The van der Waals surface area contributed by atoms with E-state index in [4.69, 9.17) is 0 Å². The van der Waals surface area contributed by atoms with E-state index in [0.29, 0.717) is 45.1 Å². The monoisotopic (exact) mass is 654 g/mol. The van der Waals surface area contributed by atoms with Gasteiger partial charge in [-0.2, -0.15) is 13.2 Å². The lowest BCUT2D eigenvalue weighted by atomic mass is 9.69. The standard InChI is InChI=1S/C32H23F5N4O4S/c1-17(23-11-13-38-27-15-19(33)3-9-25(23)27)31(18(2)24-12-14-39-28-16-20(34)4-10-26(24)28)29(42)41(30(43)40-31)21-5-7-22(8-6-21)46(44,45)32(35,36)37/h3-18H,1-2H3,(H,40,43). The molecule has 236 valence electrons. The van der Waals surface area contributed by atoms with Crippen molar-refractivity contribution in [2.24, 2.45) is 0 Å². The average Bonchev–Trinajstić information content (AvgIpc) is 3.29. The Bertz CT molecular complexity index is 2070. The number of hydrogen-bond donors (Lipinski definition) is 1. The fourth-order valence-corrected chi connectivity index (χ4v) is 6.96. The third-order valence-corrected chi connectivity index (χ3v) is 10.1. The van der Waals surface area contributed by atoms with E-state index in [1.54, 1.807) is 26.0 Å². The first-order valence-electron chi connectivity index (χ1n) is 13.8. The second-order valence-corrected chi connectivity index (χ2v) is 12.9. The van der Waals surface area contributed by atoms with E-state index in [9.17, 15) is 40.0 Å². The number of amides is 3. The third kappa shape index (κ3) is 4.75. The number of fused-ring (bicyclic) bond motifs is 2. The van der Waals surface area contributed by atoms with Crippen LogP contribution in [0.4, 0.5) is 32.4 Å². The van der Waals surface area contributed by atoms with Gasteiger partial charge in [0.15, 0.2) is 0 Å². The van der Waals surface area contributed by atoms with Gasteiger partial charge in [0.1, 0.15) is 17.2 Å². The lowest BCUT2D eigenvalue weighted by Crippen LogP contribution is -2.55. The van der Waals surface area contributed by atoms with Crippen LogP contribution in [0.25, 0.3) is 21.8 Å². The smallest absolute Gasteiger partial charge is 0.322 e. The van der Waals surface area contributed by atoms with Crippen LogP contribution >= 0.6 is 0 Å². The molecular formula is C32H23F5N4O4S. The number of hydrogen-bond acceptors (Lipinski definition) is 6. The van der Waals surface area contributed by atoms with Crippen LogP contribution in [-0.2, 0) is 14.6 Å². The summed E-state index contributed by atoms with van der Waals surface area (Å²) < 4.78 is 91.5. The number of pyridine rings is 2. The molecule has 2 unspecified atom stereocenters. The van der Waals surface area contributed by atoms with E-state index in [2.05, 4.69) is 15.3 Å². The van der Waals surface area contributed by atoms with E-state index in [0.717, 1.165) is 17.0 Å². The average molecular weight is 655 g/mol. The van der Waals surface area contributed by atoms with Crippen molar-refractivity contribution in [2.45, 2.75) is 41.6 Å². The Hall–Kier alpha value is -4.98. The molecule has 14 heteroatoms. The summed E-state index contributed by atoms with van der Waals surface area (Å²) in [5, 5.41) is 3.85. The first-order valence-corrected chi connectivity index (χ1v) is 15.3. The van der Waals surface area contributed by atoms with Crippen LogP contribution in [0.1, 0.15) is 36.8 Å². The summed E-state index contributed by atoms with van der Waals surface area (Å²) >= 11 is 0. The van der Waals surface area contributed by atoms with Gasteiger partial charge in [-0.3, -0.25) is 14.8 Å². The molecular weight excluding hydrogens is 631 g/mol. The summed E-state index contributed by atoms with van der Waals surface area (Å²) in [6.45, 7) is 3.39. The van der Waals surface area contributed by atoms with Crippen LogP contribution in [-0.4, -0.2) is 41.4 Å². The van der Waals surface area contributed by atoms with Crippen molar-refractivity contribution in [2.75, 3.05) is 4.90 Å². The van der Waals surface area contributed by atoms with Gasteiger partial charge >= 0.3 is 11.5 Å². The maximum absolute atomic E-state index is 14.7. The molecule has 8 nitrogen and oxygen atoms in total. The topological polar surface area (TPSA) is 109 Å². The van der Waals surface area contributed by atoms with Crippen molar-refractivity contribution in [1.29, 1.82) is 0 Å². The Labute approximate surface area is 258 Å². The molecule has 3 aromatic carbocycles. The lowest BCUT2D eigenvalue weighted by molar-refractivity contribution is -0.123. The summed E-state index contributed by atoms with van der Waals surface area (Å²) in [6.07, 6.45) is 2.88. The number of halogens is 5. The number of nitrogens with zero attached hydrogens (tertiary/aromatic N) is 3. The number of sulfone groups is 1. The van der Waals surface area contributed by atoms with Crippen LogP contribution in [0.3, 0.4) is 0 Å². The van der Waals surface area contributed by atoms with E-state index >= 15 is 0 Å².